The Kier molecular flexibility index (Phi) is 5.27. The third kappa shape index (κ3) is 3.50. The van der Waals surface area contributed by atoms with Gasteiger partial charge in [0, 0.05) is 24.9 Å². The van der Waals surface area contributed by atoms with Crippen LogP contribution in [-0.2, 0) is 9.47 Å². The van der Waals surface area contributed by atoms with E-state index in [1.54, 1.807) is 7.11 Å². The highest BCUT2D eigenvalue weighted by molar-refractivity contribution is 5.85. The predicted octanol–water partition coefficient (Wildman–Crippen LogP) is 2.16. The minimum atomic E-state index is 0.157. The van der Waals surface area contributed by atoms with Gasteiger partial charge >= 0.3 is 0 Å². The number of benzene rings is 1. The maximum absolute atomic E-state index is 5.62. The molecule has 0 fully saturated rings. The van der Waals surface area contributed by atoms with Crippen LogP contribution < -0.4 is 5.32 Å². The first kappa shape index (κ1) is 13.9. The number of aromatic nitrogens is 1. The summed E-state index contributed by atoms with van der Waals surface area (Å²) in [5.74, 6) is 0. The molecule has 19 heavy (non-hydrogen) atoms. The number of rotatable bonds is 7. The summed E-state index contributed by atoms with van der Waals surface area (Å²) >= 11 is 0. The fraction of sp³-hybridized carbons (Fsp3) is 0.400. The molecule has 0 saturated heterocycles. The van der Waals surface area contributed by atoms with Gasteiger partial charge in [-0.15, -0.1) is 0 Å². The number of pyridine rings is 1. The first-order valence-corrected chi connectivity index (χ1v) is 6.43. The second-order valence-electron chi connectivity index (χ2n) is 4.35. The van der Waals surface area contributed by atoms with E-state index in [2.05, 4.69) is 28.5 Å². The summed E-state index contributed by atoms with van der Waals surface area (Å²) in [6, 6.07) is 8.46. The van der Waals surface area contributed by atoms with E-state index in [0.717, 1.165) is 0 Å². The molecule has 1 atom stereocenters. The summed E-state index contributed by atoms with van der Waals surface area (Å²) in [7, 11) is 3.62. The molecule has 0 aliphatic carbocycles. The van der Waals surface area contributed by atoms with E-state index in [1.807, 2.05) is 25.5 Å². The average molecular weight is 260 g/mol. The van der Waals surface area contributed by atoms with Crippen LogP contribution in [0.2, 0.25) is 0 Å². The van der Waals surface area contributed by atoms with Crippen LogP contribution in [0.25, 0.3) is 10.8 Å². The Balaban J connectivity index is 2.16. The third-order valence-electron chi connectivity index (χ3n) is 3.16. The lowest BCUT2D eigenvalue weighted by Crippen LogP contribution is -2.23. The number of nitrogens with one attached hydrogen (secondary N) is 1. The molecular formula is C15H20N2O2. The topological polar surface area (TPSA) is 43.4 Å². The van der Waals surface area contributed by atoms with E-state index in [0.29, 0.717) is 19.8 Å². The van der Waals surface area contributed by atoms with Crippen molar-refractivity contribution in [2.75, 3.05) is 34.0 Å². The number of hydrogen-bond donors (Lipinski definition) is 1. The lowest BCUT2D eigenvalue weighted by atomic mass is 10.0. The zero-order chi connectivity index (χ0) is 13.5. The van der Waals surface area contributed by atoms with Crippen LogP contribution in [0.5, 0.6) is 0 Å². The van der Waals surface area contributed by atoms with E-state index < -0.39 is 0 Å². The monoisotopic (exact) mass is 260 g/mol. The molecule has 0 amide bonds. The molecule has 2 rings (SSSR count). The van der Waals surface area contributed by atoms with Crippen molar-refractivity contribution in [3.63, 3.8) is 0 Å². The molecule has 0 radical (unpaired) electrons. The molecule has 1 N–H and O–H groups in total. The van der Waals surface area contributed by atoms with Gasteiger partial charge in [-0.2, -0.15) is 0 Å². The highest BCUT2D eigenvalue weighted by Gasteiger charge is 2.12. The minimum absolute atomic E-state index is 0.157. The average Bonchev–Trinajstić information content (AvgIpc) is 2.47. The summed E-state index contributed by atoms with van der Waals surface area (Å²) in [5, 5.41) is 5.66. The van der Waals surface area contributed by atoms with E-state index in [-0.39, 0.29) is 6.04 Å². The molecule has 0 saturated carbocycles. The fourth-order valence-corrected chi connectivity index (χ4v) is 2.11. The van der Waals surface area contributed by atoms with Crippen molar-refractivity contribution in [1.29, 1.82) is 0 Å². The van der Waals surface area contributed by atoms with Crippen molar-refractivity contribution >= 4 is 10.8 Å². The van der Waals surface area contributed by atoms with Gasteiger partial charge < -0.3 is 14.8 Å². The summed E-state index contributed by atoms with van der Waals surface area (Å²) in [6.45, 7) is 1.85. The summed E-state index contributed by atoms with van der Waals surface area (Å²) in [6.07, 6.45) is 3.72. The highest BCUT2D eigenvalue weighted by atomic mass is 16.5. The number of fused-ring (bicyclic) bond motifs is 1. The van der Waals surface area contributed by atoms with Gasteiger partial charge in [-0.1, -0.05) is 18.2 Å². The molecule has 2 aromatic rings. The van der Waals surface area contributed by atoms with Gasteiger partial charge in [-0.3, -0.25) is 4.98 Å². The molecule has 1 aromatic heterocycles. The first-order valence-electron chi connectivity index (χ1n) is 6.43. The molecular weight excluding hydrogens is 240 g/mol. The Morgan fingerprint density at radius 2 is 2.16 bits per heavy atom. The van der Waals surface area contributed by atoms with Gasteiger partial charge in [0.05, 0.1) is 25.9 Å². The Morgan fingerprint density at radius 1 is 1.26 bits per heavy atom. The molecule has 0 aliphatic heterocycles. The van der Waals surface area contributed by atoms with Gasteiger partial charge in [0.1, 0.15) is 0 Å². The van der Waals surface area contributed by atoms with Crippen molar-refractivity contribution in [2.45, 2.75) is 6.04 Å². The van der Waals surface area contributed by atoms with E-state index in [1.165, 1.54) is 16.3 Å². The van der Waals surface area contributed by atoms with Crippen LogP contribution in [0.1, 0.15) is 11.6 Å². The van der Waals surface area contributed by atoms with Crippen LogP contribution in [0.15, 0.2) is 36.7 Å². The Morgan fingerprint density at radius 3 is 2.95 bits per heavy atom. The van der Waals surface area contributed by atoms with Gasteiger partial charge in [0.25, 0.3) is 0 Å². The van der Waals surface area contributed by atoms with Crippen molar-refractivity contribution in [3.05, 3.63) is 42.2 Å². The molecule has 4 nitrogen and oxygen atoms in total. The predicted molar refractivity (Wildman–Crippen MR) is 76.2 cm³/mol. The smallest absolute Gasteiger partial charge is 0.0701 e. The number of hydrogen-bond acceptors (Lipinski definition) is 4. The SMILES string of the molecule is CNC(COCCOC)c1cccc2ccncc12. The van der Waals surface area contributed by atoms with Crippen molar-refractivity contribution in [2.24, 2.45) is 0 Å². The maximum atomic E-state index is 5.62. The number of likely N-dealkylation sites (N-methyl/N-ethyl adjacent to an activating group) is 1. The summed E-state index contributed by atoms with van der Waals surface area (Å²) in [5.41, 5.74) is 1.21. The van der Waals surface area contributed by atoms with Gasteiger partial charge in [0.2, 0.25) is 0 Å². The molecule has 1 aromatic carbocycles. The fourth-order valence-electron chi connectivity index (χ4n) is 2.11. The third-order valence-corrected chi connectivity index (χ3v) is 3.16. The standard InChI is InChI=1S/C15H20N2O2/c1-16-15(11-19-9-8-18-2)13-5-3-4-12-6-7-17-10-14(12)13/h3-7,10,15-16H,8-9,11H2,1-2H3. The zero-order valence-electron chi connectivity index (χ0n) is 11.4. The Bertz CT molecular complexity index is 511. The van der Waals surface area contributed by atoms with Crippen LogP contribution in [0, 0.1) is 0 Å². The van der Waals surface area contributed by atoms with Gasteiger partial charge in [-0.05, 0) is 24.1 Å². The zero-order valence-corrected chi connectivity index (χ0v) is 11.4. The highest BCUT2D eigenvalue weighted by Crippen LogP contribution is 2.23. The van der Waals surface area contributed by atoms with E-state index in [9.17, 15) is 0 Å². The Labute approximate surface area is 113 Å². The molecule has 1 heterocycles. The molecule has 102 valence electrons. The number of ether oxygens (including phenoxy) is 2. The van der Waals surface area contributed by atoms with E-state index >= 15 is 0 Å². The van der Waals surface area contributed by atoms with Crippen LogP contribution >= 0.6 is 0 Å². The molecule has 0 spiro atoms. The normalized spacial score (nSPS) is 12.7. The summed E-state index contributed by atoms with van der Waals surface area (Å²) < 4.78 is 10.6. The minimum Gasteiger partial charge on any atom is -0.382 e. The van der Waals surface area contributed by atoms with Crippen LogP contribution in [-0.4, -0.2) is 39.0 Å². The molecule has 0 aliphatic rings. The maximum Gasteiger partial charge on any atom is 0.0701 e. The molecule has 4 heteroatoms. The Hall–Kier alpha value is -1.49. The second-order valence-corrected chi connectivity index (χ2v) is 4.35. The number of methoxy groups -OCH3 is 1. The lowest BCUT2D eigenvalue weighted by molar-refractivity contribution is 0.0598. The van der Waals surface area contributed by atoms with Crippen molar-refractivity contribution in [3.8, 4) is 0 Å². The lowest BCUT2D eigenvalue weighted by Gasteiger charge is -2.18. The summed E-state index contributed by atoms with van der Waals surface area (Å²) in [4.78, 5) is 4.21. The van der Waals surface area contributed by atoms with Crippen molar-refractivity contribution < 1.29 is 9.47 Å². The van der Waals surface area contributed by atoms with Crippen LogP contribution in [0.4, 0.5) is 0 Å². The quantitative estimate of drug-likeness (QED) is 0.775. The van der Waals surface area contributed by atoms with Gasteiger partial charge in [-0.25, -0.2) is 0 Å². The molecule has 0 bridgehead atoms. The van der Waals surface area contributed by atoms with Gasteiger partial charge in [0.15, 0.2) is 0 Å². The van der Waals surface area contributed by atoms with Crippen LogP contribution in [0.3, 0.4) is 0 Å². The first-order chi connectivity index (χ1) is 9.36. The van der Waals surface area contributed by atoms with Crippen molar-refractivity contribution in [1.82, 2.24) is 10.3 Å². The molecule has 1 unspecified atom stereocenters. The number of nitrogens with zero attached hydrogens (tertiary/aromatic N) is 1. The van der Waals surface area contributed by atoms with E-state index in [4.69, 9.17) is 9.47 Å². The largest absolute Gasteiger partial charge is 0.382 e. The second kappa shape index (κ2) is 7.19.